The maximum Gasteiger partial charge on any atom is 0.264 e. The summed E-state index contributed by atoms with van der Waals surface area (Å²) in [6.07, 6.45) is 15.8. The highest BCUT2D eigenvalue weighted by molar-refractivity contribution is 7.85. The second-order valence-corrected chi connectivity index (χ2v) is 14.6. The number of aryl methyl sites for hydroxylation is 1. The fourth-order valence-electron chi connectivity index (χ4n) is 7.19. The van der Waals surface area contributed by atoms with Crippen LogP contribution >= 0.6 is 0 Å². The van der Waals surface area contributed by atoms with Crippen molar-refractivity contribution < 1.29 is 17.0 Å². The molecule has 0 amide bonds. The fourth-order valence-corrected chi connectivity index (χ4v) is 7.63. The smallest absolute Gasteiger partial charge is 0.264 e. The fraction of sp³-hybridized carbons (Fsp3) is 0.625. The van der Waals surface area contributed by atoms with E-state index in [1.807, 2.05) is 16.9 Å². The standard InChI is InChI=1S/C32H44FN7O3S/c1-22-5-3-4-14-40-31(22)27(18-36-40)30-28(33)19-35-32(38-30)37-29-11-10-26(17-34-29)25-12-15-39(16-13-25)20-23-6-8-24(9-7-23)21-43-44(2,41)42/h10-11,17-19,22-25H,3-9,12-16,20-21H2,1-2H3,(H,34,35,37,38)/t22-,23?,24?/m0/s1. The summed E-state index contributed by atoms with van der Waals surface area (Å²) in [4.78, 5) is 16.0. The molecule has 1 N–H and O–H groups in total. The summed E-state index contributed by atoms with van der Waals surface area (Å²) in [6, 6.07) is 4.08. The summed E-state index contributed by atoms with van der Waals surface area (Å²) >= 11 is 0. The van der Waals surface area contributed by atoms with E-state index >= 15 is 0 Å². The van der Waals surface area contributed by atoms with Gasteiger partial charge in [-0.15, -0.1) is 0 Å². The summed E-state index contributed by atoms with van der Waals surface area (Å²) in [6.45, 7) is 6.61. The Balaban J connectivity index is 1.00. The van der Waals surface area contributed by atoms with Gasteiger partial charge in [-0.1, -0.05) is 19.4 Å². The van der Waals surface area contributed by atoms with E-state index in [1.165, 1.54) is 11.8 Å². The van der Waals surface area contributed by atoms with E-state index in [1.54, 1.807) is 6.20 Å². The average molecular weight is 626 g/mol. The molecule has 6 rings (SSSR count). The summed E-state index contributed by atoms with van der Waals surface area (Å²) in [7, 11) is -3.36. The minimum Gasteiger partial charge on any atom is -0.309 e. The quantitative estimate of drug-likeness (QED) is 0.292. The number of nitrogens with zero attached hydrogens (tertiary/aromatic N) is 6. The lowest BCUT2D eigenvalue weighted by atomic mass is 9.81. The molecule has 0 aromatic carbocycles. The van der Waals surface area contributed by atoms with Gasteiger partial charge in [0.05, 0.1) is 31.0 Å². The summed E-state index contributed by atoms with van der Waals surface area (Å²) in [5, 5.41) is 7.70. The van der Waals surface area contributed by atoms with E-state index in [0.29, 0.717) is 36.1 Å². The molecule has 1 aliphatic carbocycles. The van der Waals surface area contributed by atoms with E-state index in [9.17, 15) is 12.8 Å². The van der Waals surface area contributed by atoms with Crippen LogP contribution in [0.3, 0.4) is 0 Å². The van der Waals surface area contributed by atoms with Gasteiger partial charge in [-0.3, -0.25) is 8.86 Å². The van der Waals surface area contributed by atoms with Gasteiger partial charge in [0.25, 0.3) is 10.1 Å². The monoisotopic (exact) mass is 625 g/mol. The number of fused-ring (bicyclic) bond motifs is 1. The molecule has 2 fully saturated rings. The number of hydrogen-bond donors (Lipinski definition) is 1. The lowest BCUT2D eigenvalue weighted by molar-refractivity contribution is 0.135. The third kappa shape index (κ3) is 7.63. The third-order valence-corrected chi connectivity index (χ3v) is 10.3. The first-order chi connectivity index (χ1) is 21.2. The van der Waals surface area contributed by atoms with Crippen molar-refractivity contribution in [2.24, 2.45) is 11.8 Å². The summed E-state index contributed by atoms with van der Waals surface area (Å²) in [5.74, 6) is 2.28. The molecule has 1 saturated heterocycles. The first-order valence-corrected chi connectivity index (χ1v) is 17.9. The molecule has 1 atom stereocenters. The summed E-state index contributed by atoms with van der Waals surface area (Å²) in [5.41, 5.74) is 3.29. The number of pyridine rings is 1. The number of rotatable bonds is 9. The minimum absolute atomic E-state index is 0.273. The van der Waals surface area contributed by atoms with Crippen molar-refractivity contribution in [3.63, 3.8) is 0 Å². The van der Waals surface area contributed by atoms with E-state index < -0.39 is 15.9 Å². The molecule has 0 spiro atoms. The zero-order chi connectivity index (χ0) is 30.7. The maximum atomic E-state index is 14.9. The lowest BCUT2D eigenvalue weighted by Gasteiger charge is -2.36. The van der Waals surface area contributed by atoms with Crippen molar-refractivity contribution in [1.82, 2.24) is 29.6 Å². The molecular weight excluding hydrogens is 581 g/mol. The van der Waals surface area contributed by atoms with Gasteiger partial charge in [0.2, 0.25) is 5.95 Å². The number of likely N-dealkylation sites (tertiary alicyclic amines) is 1. The summed E-state index contributed by atoms with van der Waals surface area (Å²) < 4.78 is 44.5. The van der Waals surface area contributed by atoms with Crippen LogP contribution < -0.4 is 5.32 Å². The molecule has 1 saturated carbocycles. The number of aromatic nitrogens is 5. The molecule has 44 heavy (non-hydrogen) atoms. The highest BCUT2D eigenvalue weighted by Gasteiger charge is 2.27. The van der Waals surface area contributed by atoms with E-state index in [0.717, 1.165) is 101 Å². The van der Waals surface area contributed by atoms with Crippen LogP contribution in [0.4, 0.5) is 16.2 Å². The van der Waals surface area contributed by atoms with Crippen LogP contribution in [0.1, 0.15) is 87.8 Å². The first kappa shape index (κ1) is 31.0. The van der Waals surface area contributed by atoms with Crippen LogP contribution in [0.2, 0.25) is 0 Å². The Morgan fingerprint density at radius 2 is 1.73 bits per heavy atom. The molecule has 2 aliphatic heterocycles. The van der Waals surface area contributed by atoms with Crippen LogP contribution in [-0.2, 0) is 20.8 Å². The Labute approximate surface area is 260 Å². The van der Waals surface area contributed by atoms with Crippen LogP contribution in [0, 0.1) is 17.7 Å². The van der Waals surface area contributed by atoms with Crippen molar-refractivity contribution in [1.29, 1.82) is 0 Å². The van der Waals surface area contributed by atoms with Crippen molar-refractivity contribution in [2.75, 3.05) is 37.8 Å². The molecular formula is C32H44FN7O3S. The van der Waals surface area contributed by atoms with Gasteiger partial charge in [0, 0.05) is 24.8 Å². The van der Waals surface area contributed by atoms with Crippen molar-refractivity contribution in [3.05, 3.63) is 47.8 Å². The van der Waals surface area contributed by atoms with Crippen molar-refractivity contribution >= 4 is 21.9 Å². The Morgan fingerprint density at radius 1 is 0.955 bits per heavy atom. The zero-order valence-corrected chi connectivity index (χ0v) is 26.6. The minimum atomic E-state index is -3.36. The number of halogens is 1. The molecule has 0 radical (unpaired) electrons. The van der Waals surface area contributed by atoms with Gasteiger partial charge in [-0.25, -0.2) is 19.3 Å². The molecule has 5 heterocycles. The Morgan fingerprint density at radius 3 is 2.45 bits per heavy atom. The SMILES string of the molecule is C[C@H]1CCCCn2ncc(-c3nc(Nc4ccc(C5CCN(CC6CCC(COS(C)(=O)=O)CC6)CC5)cn4)ncc3F)c21. The Bertz CT molecular complexity index is 1520. The van der Waals surface area contributed by atoms with Gasteiger partial charge in [0.15, 0.2) is 5.82 Å². The zero-order valence-electron chi connectivity index (χ0n) is 25.8. The van der Waals surface area contributed by atoms with Crippen molar-refractivity contribution in [2.45, 2.75) is 83.1 Å². The van der Waals surface area contributed by atoms with Gasteiger partial charge in [0.1, 0.15) is 11.5 Å². The molecule has 3 aliphatic rings. The predicted molar refractivity (Wildman–Crippen MR) is 168 cm³/mol. The average Bonchev–Trinajstić information content (AvgIpc) is 3.35. The molecule has 10 nitrogen and oxygen atoms in total. The van der Waals surface area contributed by atoms with Gasteiger partial charge in [-0.05, 0) is 99.8 Å². The van der Waals surface area contributed by atoms with Crippen LogP contribution in [0.15, 0.2) is 30.7 Å². The van der Waals surface area contributed by atoms with E-state index in [-0.39, 0.29) is 11.6 Å². The second-order valence-electron chi connectivity index (χ2n) is 13.0. The van der Waals surface area contributed by atoms with Gasteiger partial charge in [-0.2, -0.15) is 13.5 Å². The highest BCUT2D eigenvalue weighted by atomic mass is 32.2. The van der Waals surface area contributed by atoms with E-state index in [4.69, 9.17) is 4.18 Å². The second kappa shape index (κ2) is 13.6. The van der Waals surface area contributed by atoms with Crippen LogP contribution in [0.5, 0.6) is 0 Å². The largest absolute Gasteiger partial charge is 0.309 e. The highest BCUT2D eigenvalue weighted by Crippen LogP contribution is 2.36. The number of piperidine rings is 1. The third-order valence-electron chi connectivity index (χ3n) is 9.69. The van der Waals surface area contributed by atoms with Gasteiger partial charge < -0.3 is 10.2 Å². The molecule has 3 aromatic rings. The van der Waals surface area contributed by atoms with E-state index in [2.05, 4.69) is 43.3 Å². The normalized spacial score (nSPS) is 23.7. The topological polar surface area (TPSA) is 115 Å². The molecule has 0 unspecified atom stereocenters. The molecule has 0 bridgehead atoms. The number of nitrogens with one attached hydrogen (secondary N) is 1. The first-order valence-electron chi connectivity index (χ1n) is 16.1. The molecule has 3 aromatic heterocycles. The van der Waals surface area contributed by atoms with Crippen molar-refractivity contribution in [3.8, 4) is 11.3 Å². The predicted octanol–water partition coefficient (Wildman–Crippen LogP) is 5.87. The van der Waals surface area contributed by atoms with Gasteiger partial charge >= 0.3 is 0 Å². The Kier molecular flexibility index (Phi) is 9.58. The number of hydrogen-bond acceptors (Lipinski definition) is 9. The Hall–Kier alpha value is -2.96. The molecule has 12 heteroatoms. The molecule has 238 valence electrons. The van der Waals surface area contributed by atoms with Crippen LogP contribution in [0.25, 0.3) is 11.3 Å². The van der Waals surface area contributed by atoms with Crippen LogP contribution in [-0.4, -0.2) is 70.5 Å². The lowest BCUT2D eigenvalue weighted by Crippen LogP contribution is -2.37. The number of anilines is 2. The maximum absolute atomic E-state index is 14.9.